The van der Waals surface area contributed by atoms with Gasteiger partial charge in [0.1, 0.15) is 0 Å². The van der Waals surface area contributed by atoms with Crippen LogP contribution < -0.4 is 0 Å². The van der Waals surface area contributed by atoms with E-state index in [0.717, 1.165) is 44.3 Å². The fourth-order valence-corrected chi connectivity index (χ4v) is 8.46. The van der Waals surface area contributed by atoms with Crippen molar-refractivity contribution in [3.63, 3.8) is 0 Å². The number of aromatic nitrogens is 2. The zero-order valence-electron chi connectivity index (χ0n) is 28.2. The van der Waals surface area contributed by atoms with Crippen LogP contribution >= 0.6 is 0 Å². The van der Waals surface area contributed by atoms with Crippen molar-refractivity contribution in [1.82, 2.24) is 9.97 Å². The Bertz CT molecular complexity index is 3140. The van der Waals surface area contributed by atoms with Gasteiger partial charge in [0.2, 0.25) is 0 Å². The first-order valence-corrected chi connectivity index (χ1v) is 17.8. The van der Waals surface area contributed by atoms with E-state index in [-0.39, 0.29) is 0 Å². The predicted octanol–water partition coefficient (Wildman–Crippen LogP) is 13.5. The van der Waals surface area contributed by atoms with Crippen molar-refractivity contribution in [3.8, 4) is 33.6 Å². The molecule has 52 heavy (non-hydrogen) atoms. The molecule has 0 aliphatic rings. The Morgan fingerprint density at radius 3 is 1.21 bits per heavy atom. The summed E-state index contributed by atoms with van der Waals surface area (Å²) in [4.78, 5) is 10.6. The van der Waals surface area contributed by atoms with E-state index in [1.54, 1.807) is 0 Å². The number of pyridine rings is 2. The smallest absolute Gasteiger partial charge is 0.0972 e. The van der Waals surface area contributed by atoms with Crippen LogP contribution in [-0.2, 0) is 0 Å². The monoisotopic (exact) mass is 658 g/mol. The van der Waals surface area contributed by atoms with Gasteiger partial charge in [-0.3, -0.25) is 0 Å². The predicted molar refractivity (Wildman–Crippen MR) is 221 cm³/mol. The van der Waals surface area contributed by atoms with Crippen molar-refractivity contribution in [3.05, 3.63) is 182 Å². The standard InChI is InChI=1S/C50H30N2/c1-2-12-31(13-3-1)45-28-25-32-22-23-33-26-29-46(52-50(33)49(32)51-45)48-42-20-10-8-18-40(42)47(41-19-9-11-21-43(41)48)34-24-27-39-37-16-5-4-14-35(37)36-15-6-7-17-38(36)44(39)30-34/h1-30H. The number of hydrogen-bond donors (Lipinski definition) is 0. The third-order valence-corrected chi connectivity index (χ3v) is 10.8. The molecule has 0 radical (unpaired) electrons. The summed E-state index contributed by atoms with van der Waals surface area (Å²) < 4.78 is 0. The van der Waals surface area contributed by atoms with Crippen LogP contribution in [0.2, 0.25) is 0 Å². The third-order valence-electron chi connectivity index (χ3n) is 10.8. The van der Waals surface area contributed by atoms with Gasteiger partial charge in [0.05, 0.1) is 22.4 Å². The van der Waals surface area contributed by atoms with E-state index in [9.17, 15) is 0 Å². The fraction of sp³-hybridized carbons (Fsp3) is 0. The Hall–Kier alpha value is -6.90. The quantitative estimate of drug-likeness (QED) is 0.139. The van der Waals surface area contributed by atoms with Gasteiger partial charge in [0.15, 0.2) is 0 Å². The van der Waals surface area contributed by atoms with Gasteiger partial charge in [0, 0.05) is 21.9 Å². The molecule has 2 heterocycles. The van der Waals surface area contributed by atoms with Crippen molar-refractivity contribution in [2.45, 2.75) is 0 Å². The van der Waals surface area contributed by atoms with Crippen LogP contribution in [0.25, 0.3) is 109 Å². The molecule has 0 aliphatic carbocycles. The SMILES string of the molecule is c1ccc(-c2ccc3ccc4ccc(-c5c6ccccc6c(-c6ccc7c8ccccc8c8ccccc8c7c6)c6ccccc56)nc4c3n2)cc1. The minimum atomic E-state index is 0.915. The molecule has 9 aromatic carbocycles. The number of hydrogen-bond acceptors (Lipinski definition) is 2. The van der Waals surface area contributed by atoms with Gasteiger partial charge < -0.3 is 0 Å². The van der Waals surface area contributed by atoms with Crippen LogP contribution in [-0.4, -0.2) is 9.97 Å². The molecule has 0 saturated carbocycles. The Morgan fingerprint density at radius 1 is 0.250 bits per heavy atom. The number of benzene rings is 9. The first-order chi connectivity index (χ1) is 25.8. The molecule has 0 atom stereocenters. The summed E-state index contributed by atoms with van der Waals surface area (Å²) in [7, 11) is 0. The van der Waals surface area contributed by atoms with Crippen LogP contribution in [0.1, 0.15) is 0 Å². The minimum absolute atomic E-state index is 0.915. The second kappa shape index (κ2) is 11.3. The molecule has 0 amide bonds. The number of rotatable bonds is 3. The average Bonchev–Trinajstić information content (AvgIpc) is 3.22. The molecule has 2 nitrogen and oxygen atoms in total. The minimum Gasteiger partial charge on any atom is -0.245 e. The van der Waals surface area contributed by atoms with Crippen molar-refractivity contribution < 1.29 is 0 Å². The lowest BCUT2D eigenvalue weighted by Gasteiger charge is -2.18. The Labute approximate surface area is 300 Å². The van der Waals surface area contributed by atoms with E-state index >= 15 is 0 Å². The van der Waals surface area contributed by atoms with Gasteiger partial charge in [-0.2, -0.15) is 0 Å². The van der Waals surface area contributed by atoms with Gasteiger partial charge in [-0.1, -0.05) is 164 Å². The Kier molecular flexibility index (Phi) is 6.28. The molecule has 2 aromatic heterocycles. The van der Waals surface area contributed by atoms with Crippen molar-refractivity contribution in [2.75, 3.05) is 0 Å². The molecule has 11 aromatic rings. The van der Waals surface area contributed by atoms with E-state index in [4.69, 9.17) is 9.97 Å². The molecular formula is C50H30N2. The molecule has 240 valence electrons. The summed E-state index contributed by atoms with van der Waals surface area (Å²) in [5, 5.41) is 14.6. The van der Waals surface area contributed by atoms with Crippen LogP contribution in [0, 0.1) is 0 Å². The molecule has 0 bridgehead atoms. The summed E-state index contributed by atoms with van der Waals surface area (Å²) >= 11 is 0. The molecule has 0 fully saturated rings. The maximum atomic E-state index is 5.45. The highest BCUT2D eigenvalue weighted by Crippen LogP contribution is 2.45. The molecule has 0 spiro atoms. The molecule has 0 unspecified atom stereocenters. The van der Waals surface area contributed by atoms with Crippen molar-refractivity contribution in [1.29, 1.82) is 0 Å². The van der Waals surface area contributed by atoms with Crippen LogP contribution in [0.4, 0.5) is 0 Å². The van der Waals surface area contributed by atoms with Crippen molar-refractivity contribution >= 4 is 75.7 Å². The van der Waals surface area contributed by atoms with Gasteiger partial charge >= 0.3 is 0 Å². The maximum Gasteiger partial charge on any atom is 0.0972 e. The highest BCUT2D eigenvalue weighted by Gasteiger charge is 2.19. The molecule has 11 rings (SSSR count). The largest absolute Gasteiger partial charge is 0.245 e. The Morgan fingerprint density at radius 2 is 0.654 bits per heavy atom. The van der Waals surface area contributed by atoms with Gasteiger partial charge in [0.25, 0.3) is 0 Å². The summed E-state index contributed by atoms with van der Waals surface area (Å²) in [5.41, 5.74) is 8.42. The number of fused-ring (bicyclic) bond motifs is 11. The first kappa shape index (κ1) is 28.9. The fourth-order valence-electron chi connectivity index (χ4n) is 8.46. The lowest BCUT2D eigenvalue weighted by Crippen LogP contribution is -1.94. The second-order valence-electron chi connectivity index (χ2n) is 13.7. The van der Waals surface area contributed by atoms with Crippen LogP contribution in [0.5, 0.6) is 0 Å². The Balaban J connectivity index is 1.19. The van der Waals surface area contributed by atoms with Gasteiger partial charge in [-0.15, -0.1) is 0 Å². The van der Waals surface area contributed by atoms with Crippen molar-refractivity contribution in [2.24, 2.45) is 0 Å². The second-order valence-corrected chi connectivity index (χ2v) is 13.7. The topological polar surface area (TPSA) is 25.8 Å². The zero-order valence-corrected chi connectivity index (χ0v) is 28.2. The summed E-state index contributed by atoms with van der Waals surface area (Å²) in [6.45, 7) is 0. The van der Waals surface area contributed by atoms with E-state index in [0.29, 0.717) is 0 Å². The molecule has 0 aliphatic heterocycles. The molecule has 0 N–H and O–H groups in total. The van der Waals surface area contributed by atoms with Gasteiger partial charge in [-0.05, 0) is 83.2 Å². The third kappa shape index (κ3) is 4.31. The van der Waals surface area contributed by atoms with Crippen LogP contribution in [0.15, 0.2) is 182 Å². The lowest BCUT2D eigenvalue weighted by molar-refractivity contribution is 1.37. The van der Waals surface area contributed by atoms with E-state index in [1.807, 2.05) is 6.07 Å². The summed E-state index contributed by atoms with van der Waals surface area (Å²) in [5.74, 6) is 0. The molecular weight excluding hydrogens is 629 g/mol. The maximum absolute atomic E-state index is 5.45. The molecule has 2 heteroatoms. The normalized spacial score (nSPS) is 11.8. The van der Waals surface area contributed by atoms with E-state index < -0.39 is 0 Å². The summed E-state index contributed by atoms with van der Waals surface area (Å²) in [6, 6.07) is 65.6. The van der Waals surface area contributed by atoms with Crippen LogP contribution in [0.3, 0.4) is 0 Å². The van der Waals surface area contributed by atoms with E-state index in [2.05, 4.69) is 176 Å². The highest BCUT2D eigenvalue weighted by molar-refractivity contribution is 6.27. The lowest BCUT2D eigenvalue weighted by atomic mass is 9.85. The zero-order chi connectivity index (χ0) is 34.2. The summed E-state index contributed by atoms with van der Waals surface area (Å²) in [6.07, 6.45) is 0. The first-order valence-electron chi connectivity index (χ1n) is 17.8. The highest BCUT2D eigenvalue weighted by atomic mass is 14.8. The average molecular weight is 659 g/mol. The molecule has 0 saturated heterocycles. The van der Waals surface area contributed by atoms with E-state index in [1.165, 1.54) is 65.0 Å². The van der Waals surface area contributed by atoms with Gasteiger partial charge in [-0.25, -0.2) is 9.97 Å². The number of nitrogens with zero attached hydrogens (tertiary/aromatic N) is 2.